The molecule has 1 aromatic heterocycles. The molecule has 1 N–H and O–H groups in total. The number of rotatable bonds is 4. The van der Waals surface area contributed by atoms with Gasteiger partial charge in [-0.2, -0.15) is 4.31 Å². The number of anilines is 1. The molecule has 5 nitrogen and oxygen atoms in total. The van der Waals surface area contributed by atoms with Crippen molar-refractivity contribution in [2.75, 3.05) is 11.9 Å². The van der Waals surface area contributed by atoms with Gasteiger partial charge in [-0.3, -0.25) is 4.79 Å². The van der Waals surface area contributed by atoms with E-state index in [1.165, 1.54) is 4.31 Å². The Morgan fingerprint density at radius 1 is 1.38 bits per heavy atom. The fourth-order valence-corrected chi connectivity index (χ4v) is 6.12. The molecule has 1 aromatic carbocycles. The lowest BCUT2D eigenvalue weighted by Crippen LogP contribution is -2.42. The molecule has 128 valence electrons. The van der Waals surface area contributed by atoms with Crippen molar-refractivity contribution in [3.05, 3.63) is 45.2 Å². The van der Waals surface area contributed by atoms with E-state index in [9.17, 15) is 13.2 Å². The maximum Gasteiger partial charge on any atom is 0.253 e. The van der Waals surface area contributed by atoms with E-state index in [4.69, 9.17) is 11.6 Å². The Morgan fingerprint density at radius 3 is 2.83 bits per heavy atom. The third-order valence-electron chi connectivity index (χ3n) is 3.75. The van der Waals surface area contributed by atoms with Gasteiger partial charge in [0.15, 0.2) is 0 Å². The molecule has 1 fully saturated rings. The van der Waals surface area contributed by atoms with Gasteiger partial charge in [0, 0.05) is 11.0 Å². The molecule has 0 spiro atoms. The van der Waals surface area contributed by atoms with Gasteiger partial charge in [-0.1, -0.05) is 33.6 Å². The molecule has 1 amide bonds. The summed E-state index contributed by atoms with van der Waals surface area (Å²) in [5.74, 6) is -0.364. The summed E-state index contributed by atoms with van der Waals surface area (Å²) in [6.45, 7) is 0.340. The number of sulfonamides is 1. The van der Waals surface area contributed by atoms with Gasteiger partial charge in [0.1, 0.15) is 10.3 Å². The van der Waals surface area contributed by atoms with Crippen LogP contribution in [0.2, 0.25) is 5.02 Å². The van der Waals surface area contributed by atoms with E-state index in [1.54, 1.807) is 35.7 Å². The first-order chi connectivity index (χ1) is 11.4. The number of halogens is 2. The maximum atomic E-state index is 12.7. The third-order valence-corrected chi connectivity index (χ3v) is 7.84. The predicted molar refractivity (Wildman–Crippen MR) is 99.0 cm³/mol. The zero-order valence-electron chi connectivity index (χ0n) is 12.4. The normalized spacial score (nSPS) is 18.7. The van der Waals surface area contributed by atoms with E-state index in [1.807, 2.05) is 0 Å². The summed E-state index contributed by atoms with van der Waals surface area (Å²) in [7, 11) is -3.65. The fourth-order valence-electron chi connectivity index (χ4n) is 2.62. The molecular formula is C15H14BrClN2O3S2. The molecule has 0 radical (unpaired) electrons. The third kappa shape index (κ3) is 3.52. The van der Waals surface area contributed by atoms with Crippen molar-refractivity contribution in [1.29, 1.82) is 0 Å². The Morgan fingerprint density at radius 2 is 2.17 bits per heavy atom. The standard InChI is InChI=1S/C15H14BrClN2O3S2/c16-10-5-6-12(11(17)9-10)18-15(20)13-3-1-7-19(13)24(21,22)14-4-2-8-23-14/h2,4-6,8-9,13H,1,3,7H2,(H,18,20). The smallest absolute Gasteiger partial charge is 0.253 e. The lowest BCUT2D eigenvalue weighted by Gasteiger charge is -2.22. The van der Waals surface area contributed by atoms with Crippen LogP contribution in [0.3, 0.4) is 0 Å². The number of hydrogen-bond acceptors (Lipinski definition) is 4. The summed E-state index contributed by atoms with van der Waals surface area (Å²) < 4.78 is 27.7. The minimum Gasteiger partial charge on any atom is -0.323 e. The zero-order chi connectivity index (χ0) is 17.3. The Kier molecular flexibility index (Phi) is 5.31. The Labute approximate surface area is 157 Å². The van der Waals surface area contributed by atoms with E-state index in [-0.39, 0.29) is 10.1 Å². The van der Waals surface area contributed by atoms with E-state index in [0.717, 1.165) is 15.8 Å². The molecule has 1 aliphatic rings. The van der Waals surface area contributed by atoms with Gasteiger partial charge in [0.25, 0.3) is 10.0 Å². The molecule has 1 saturated heterocycles. The topological polar surface area (TPSA) is 66.5 Å². The largest absolute Gasteiger partial charge is 0.323 e. The number of carbonyl (C=O) groups is 1. The van der Waals surface area contributed by atoms with Crippen molar-refractivity contribution in [3.63, 3.8) is 0 Å². The highest BCUT2D eigenvalue weighted by atomic mass is 79.9. The summed E-state index contributed by atoms with van der Waals surface area (Å²) >= 11 is 10.6. The maximum absolute atomic E-state index is 12.7. The van der Waals surface area contributed by atoms with Gasteiger partial charge < -0.3 is 5.32 Å². The second kappa shape index (κ2) is 7.13. The van der Waals surface area contributed by atoms with Crippen molar-refractivity contribution in [1.82, 2.24) is 4.31 Å². The molecular weight excluding hydrogens is 436 g/mol. The second-order valence-electron chi connectivity index (χ2n) is 5.32. The summed E-state index contributed by atoms with van der Waals surface area (Å²) in [5.41, 5.74) is 0.463. The van der Waals surface area contributed by atoms with Gasteiger partial charge in [0.05, 0.1) is 10.7 Å². The van der Waals surface area contributed by atoms with E-state index in [2.05, 4.69) is 21.2 Å². The van der Waals surface area contributed by atoms with Crippen molar-refractivity contribution < 1.29 is 13.2 Å². The van der Waals surface area contributed by atoms with Crippen LogP contribution in [0.5, 0.6) is 0 Å². The number of hydrogen-bond donors (Lipinski definition) is 1. The van der Waals surface area contributed by atoms with Crippen LogP contribution in [0.25, 0.3) is 0 Å². The van der Waals surface area contributed by atoms with Crippen molar-refractivity contribution >= 4 is 60.5 Å². The highest BCUT2D eigenvalue weighted by molar-refractivity contribution is 9.10. The van der Waals surface area contributed by atoms with Crippen LogP contribution in [0.15, 0.2) is 44.4 Å². The number of carbonyl (C=O) groups excluding carboxylic acids is 1. The van der Waals surface area contributed by atoms with Crippen LogP contribution in [0.1, 0.15) is 12.8 Å². The first-order valence-electron chi connectivity index (χ1n) is 7.21. The number of thiophene rings is 1. The number of amides is 1. The zero-order valence-corrected chi connectivity index (χ0v) is 16.4. The van der Waals surface area contributed by atoms with E-state index < -0.39 is 16.1 Å². The Bertz CT molecular complexity index is 856. The fraction of sp³-hybridized carbons (Fsp3) is 0.267. The lowest BCUT2D eigenvalue weighted by molar-refractivity contribution is -0.119. The van der Waals surface area contributed by atoms with Crippen LogP contribution in [-0.2, 0) is 14.8 Å². The van der Waals surface area contributed by atoms with Crippen molar-refractivity contribution in [3.8, 4) is 0 Å². The van der Waals surface area contributed by atoms with E-state index >= 15 is 0 Å². The first kappa shape index (κ1) is 17.9. The van der Waals surface area contributed by atoms with Crippen molar-refractivity contribution in [2.45, 2.75) is 23.1 Å². The van der Waals surface area contributed by atoms with Crippen LogP contribution >= 0.6 is 38.9 Å². The molecule has 2 heterocycles. The van der Waals surface area contributed by atoms with E-state index in [0.29, 0.717) is 30.1 Å². The average Bonchev–Trinajstić information content (AvgIpc) is 3.21. The minimum absolute atomic E-state index is 0.254. The number of nitrogens with one attached hydrogen (secondary N) is 1. The van der Waals surface area contributed by atoms with Gasteiger partial charge in [-0.25, -0.2) is 8.42 Å². The quantitative estimate of drug-likeness (QED) is 0.768. The number of nitrogens with zero attached hydrogens (tertiary/aromatic N) is 1. The monoisotopic (exact) mass is 448 g/mol. The number of benzene rings is 1. The van der Waals surface area contributed by atoms with Crippen LogP contribution in [0, 0.1) is 0 Å². The molecule has 3 rings (SSSR count). The lowest BCUT2D eigenvalue weighted by atomic mass is 10.2. The highest BCUT2D eigenvalue weighted by Crippen LogP contribution is 2.30. The van der Waals surface area contributed by atoms with Crippen LogP contribution in [-0.4, -0.2) is 31.2 Å². The summed E-state index contributed by atoms with van der Waals surface area (Å²) in [6.07, 6.45) is 1.14. The predicted octanol–water partition coefficient (Wildman–Crippen LogP) is 3.96. The highest BCUT2D eigenvalue weighted by Gasteiger charge is 2.40. The minimum atomic E-state index is -3.65. The van der Waals surface area contributed by atoms with Gasteiger partial charge in [-0.05, 0) is 42.5 Å². The molecule has 0 aliphatic carbocycles. The first-order valence-corrected chi connectivity index (χ1v) is 10.7. The van der Waals surface area contributed by atoms with Gasteiger partial charge in [-0.15, -0.1) is 11.3 Å². The SMILES string of the molecule is O=C(Nc1ccc(Br)cc1Cl)C1CCCN1S(=O)(=O)c1cccs1. The summed E-state index contributed by atoms with van der Waals surface area (Å²) in [6, 6.07) is 7.62. The molecule has 24 heavy (non-hydrogen) atoms. The molecule has 1 atom stereocenters. The van der Waals surface area contributed by atoms with Gasteiger partial charge >= 0.3 is 0 Å². The Hall–Kier alpha value is -0.930. The average molecular weight is 450 g/mol. The molecule has 2 aromatic rings. The molecule has 0 saturated carbocycles. The second-order valence-corrected chi connectivity index (χ2v) is 9.71. The summed E-state index contributed by atoms with van der Waals surface area (Å²) in [5, 5.41) is 4.83. The molecule has 1 aliphatic heterocycles. The van der Waals surface area contributed by atoms with Gasteiger partial charge in [0.2, 0.25) is 5.91 Å². The molecule has 9 heteroatoms. The molecule has 1 unspecified atom stereocenters. The van der Waals surface area contributed by atoms with Crippen LogP contribution < -0.4 is 5.32 Å². The summed E-state index contributed by atoms with van der Waals surface area (Å²) in [4.78, 5) is 12.6. The Balaban J connectivity index is 1.81. The van der Waals surface area contributed by atoms with Crippen molar-refractivity contribution in [2.24, 2.45) is 0 Å². The van der Waals surface area contributed by atoms with Crippen LogP contribution in [0.4, 0.5) is 5.69 Å². The molecule has 0 bridgehead atoms.